The van der Waals surface area contributed by atoms with Crippen LogP contribution in [0.25, 0.3) is 0 Å². The van der Waals surface area contributed by atoms with E-state index in [-0.39, 0.29) is 5.75 Å². The Labute approximate surface area is 104 Å². The van der Waals surface area contributed by atoms with Gasteiger partial charge in [-0.25, -0.2) is 0 Å². The smallest absolute Gasteiger partial charge is 0.299 e. The first-order valence-corrected chi connectivity index (χ1v) is 5.34. The van der Waals surface area contributed by atoms with E-state index in [1.54, 1.807) is 18.2 Å². The maximum absolute atomic E-state index is 10.3. The van der Waals surface area contributed by atoms with E-state index >= 15 is 0 Å². The van der Waals surface area contributed by atoms with Crippen molar-refractivity contribution in [3.63, 3.8) is 0 Å². The number of nitrogens with zero attached hydrogens (tertiary/aromatic N) is 1. The van der Waals surface area contributed by atoms with Gasteiger partial charge < -0.3 is 4.74 Å². The van der Waals surface area contributed by atoms with Gasteiger partial charge >= 0.3 is 0 Å². The monoisotopic (exact) mass is 245 g/mol. The Kier molecular flexibility index (Phi) is 3.76. The predicted molar refractivity (Wildman–Crippen MR) is 64.8 cm³/mol. The quantitative estimate of drug-likeness (QED) is 0.600. The zero-order valence-electron chi connectivity index (χ0n) is 9.48. The molecule has 0 radical (unpaired) electrons. The van der Waals surface area contributed by atoms with Gasteiger partial charge in [-0.3, -0.25) is 4.84 Å². The lowest BCUT2D eigenvalue weighted by Gasteiger charge is -2.09. The molecule has 0 aliphatic rings. The fourth-order valence-corrected chi connectivity index (χ4v) is 1.46. The fraction of sp³-hybridized carbons (Fsp3) is 0.0769. The molecule has 0 saturated heterocycles. The lowest BCUT2D eigenvalue weighted by Crippen LogP contribution is -2.05. The van der Waals surface area contributed by atoms with Crippen molar-refractivity contribution in [1.82, 2.24) is 0 Å². The molecule has 5 nitrogen and oxygen atoms in total. The first-order valence-electron chi connectivity index (χ1n) is 5.34. The lowest BCUT2D eigenvalue weighted by molar-refractivity contribution is -0.711. The van der Waals surface area contributed by atoms with Crippen LogP contribution < -0.4 is 9.57 Å². The highest BCUT2D eigenvalue weighted by atomic mass is 17.0. The standard InChI is InChI=1S/C13H11NO4/c15-14(16)18-13-9-5-4-8-12(13)17-10-11-6-2-1-3-7-11/h1-9H,10H2. The second kappa shape index (κ2) is 5.67. The number of rotatable bonds is 5. The van der Waals surface area contributed by atoms with Crippen molar-refractivity contribution in [2.75, 3.05) is 0 Å². The normalized spacial score (nSPS) is 9.78. The molecule has 0 bridgehead atoms. The molecule has 0 fully saturated rings. The molecule has 0 atom stereocenters. The number of ether oxygens (including phenoxy) is 1. The molecule has 0 N–H and O–H groups in total. The maximum atomic E-state index is 10.3. The van der Waals surface area contributed by atoms with Crippen molar-refractivity contribution in [3.8, 4) is 11.5 Å². The summed E-state index contributed by atoms with van der Waals surface area (Å²) >= 11 is 0. The van der Waals surface area contributed by atoms with E-state index in [2.05, 4.69) is 4.84 Å². The van der Waals surface area contributed by atoms with Crippen LogP contribution in [0.4, 0.5) is 0 Å². The van der Waals surface area contributed by atoms with Crippen LogP contribution in [0.3, 0.4) is 0 Å². The van der Waals surface area contributed by atoms with E-state index in [1.807, 2.05) is 30.3 Å². The third-order valence-electron chi connectivity index (χ3n) is 2.26. The highest BCUT2D eigenvalue weighted by molar-refractivity contribution is 5.39. The SMILES string of the molecule is O=[N+]([O-])Oc1ccccc1OCc1ccccc1. The molecular formula is C13H11NO4. The van der Waals surface area contributed by atoms with Crippen molar-refractivity contribution in [2.24, 2.45) is 0 Å². The molecule has 92 valence electrons. The van der Waals surface area contributed by atoms with Crippen LogP contribution in [0.5, 0.6) is 11.5 Å². The molecule has 0 heterocycles. The maximum Gasteiger partial charge on any atom is 0.299 e. The molecule has 0 aromatic heterocycles. The van der Waals surface area contributed by atoms with E-state index in [1.165, 1.54) is 6.07 Å². The van der Waals surface area contributed by atoms with Crippen LogP contribution in [0, 0.1) is 10.1 Å². The zero-order chi connectivity index (χ0) is 12.8. The molecule has 2 aromatic carbocycles. The van der Waals surface area contributed by atoms with Crippen molar-refractivity contribution in [2.45, 2.75) is 6.61 Å². The minimum atomic E-state index is -0.856. The topological polar surface area (TPSA) is 61.6 Å². The summed E-state index contributed by atoms with van der Waals surface area (Å²) in [6.45, 7) is 0.332. The molecule has 2 rings (SSSR count). The van der Waals surface area contributed by atoms with Gasteiger partial charge in [-0.2, -0.15) is 0 Å². The summed E-state index contributed by atoms with van der Waals surface area (Å²) in [5.41, 5.74) is 0.980. The Morgan fingerprint density at radius 3 is 2.22 bits per heavy atom. The van der Waals surface area contributed by atoms with Gasteiger partial charge in [0.05, 0.1) is 0 Å². The highest BCUT2D eigenvalue weighted by Gasteiger charge is 2.07. The van der Waals surface area contributed by atoms with Crippen LogP contribution in [0.2, 0.25) is 0 Å². The van der Waals surface area contributed by atoms with Crippen molar-refractivity contribution in [1.29, 1.82) is 0 Å². The molecule has 0 unspecified atom stereocenters. The summed E-state index contributed by atoms with van der Waals surface area (Å²) < 4.78 is 5.49. The van der Waals surface area contributed by atoms with Gasteiger partial charge in [0, 0.05) is 0 Å². The van der Waals surface area contributed by atoms with Gasteiger partial charge in [-0.15, -0.1) is 10.1 Å². The Balaban J connectivity index is 2.07. The Morgan fingerprint density at radius 2 is 1.56 bits per heavy atom. The second-order valence-corrected chi connectivity index (χ2v) is 3.54. The molecule has 0 aliphatic heterocycles. The van der Waals surface area contributed by atoms with Gasteiger partial charge in [0.25, 0.3) is 5.09 Å². The molecule has 18 heavy (non-hydrogen) atoms. The van der Waals surface area contributed by atoms with Gasteiger partial charge in [0.15, 0.2) is 5.75 Å². The summed E-state index contributed by atoms with van der Waals surface area (Å²) in [5.74, 6) is 0.441. The first-order chi connectivity index (χ1) is 8.75. The van der Waals surface area contributed by atoms with Crippen LogP contribution in [-0.4, -0.2) is 5.09 Å². The van der Waals surface area contributed by atoms with Crippen molar-refractivity contribution >= 4 is 0 Å². The number of hydrogen-bond donors (Lipinski definition) is 0. The number of benzene rings is 2. The molecule has 2 aromatic rings. The fourth-order valence-electron chi connectivity index (χ4n) is 1.46. The van der Waals surface area contributed by atoms with Crippen molar-refractivity contribution in [3.05, 3.63) is 70.3 Å². The lowest BCUT2D eigenvalue weighted by atomic mass is 10.2. The Hall–Kier alpha value is -2.56. The first kappa shape index (κ1) is 11.9. The van der Waals surface area contributed by atoms with E-state index in [0.717, 1.165) is 5.56 Å². The third-order valence-corrected chi connectivity index (χ3v) is 2.26. The van der Waals surface area contributed by atoms with E-state index in [4.69, 9.17) is 4.74 Å². The molecule has 0 saturated carbocycles. The summed E-state index contributed by atoms with van der Waals surface area (Å²) in [6.07, 6.45) is 0. The van der Waals surface area contributed by atoms with Crippen LogP contribution in [0.1, 0.15) is 5.56 Å². The minimum Gasteiger partial charge on any atom is -0.487 e. The van der Waals surface area contributed by atoms with Crippen LogP contribution in [-0.2, 0) is 6.61 Å². The van der Waals surface area contributed by atoms with Gasteiger partial charge in [-0.1, -0.05) is 42.5 Å². The summed E-state index contributed by atoms with van der Waals surface area (Å²) in [5, 5.41) is 9.47. The number of para-hydroxylation sites is 2. The number of hydrogen-bond acceptors (Lipinski definition) is 4. The predicted octanol–water partition coefficient (Wildman–Crippen LogP) is 2.84. The minimum absolute atomic E-state index is 0.0958. The van der Waals surface area contributed by atoms with Crippen LogP contribution in [0.15, 0.2) is 54.6 Å². The Morgan fingerprint density at radius 1 is 0.944 bits per heavy atom. The van der Waals surface area contributed by atoms with E-state index < -0.39 is 5.09 Å². The zero-order valence-corrected chi connectivity index (χ0v) is 9.48. The van der Waals surface area contributed by atoms with E-state index in [9.17, 15) is 10.1 Å². The molecule has 5 heteroatoms. The largest absolute Gasteiger partial charge is 0.487 e. The molecule has 0 amide bonds. The van der Waals surface area contributed by atoms with Gasteiger partial charge in [0.2, 0.25) is 0 Å². The van der Waals surface area contributed by atoms with Crippen molar-refractivity contribution < 1.29 is 14.7 Å². The van der Waals surface area contributed by atoms with Crippen LogP contribution >= 0.6 is 0 Å². The summed E-state index contributed by atoms with van der Waals surface area (Å²) in [4.78, 5) is 14.8. The molecule has 0 aliphatic carbocycles. The van der Waals surface area contributed by atoms with E-state index in [0.29, 0.717) is 12.4 Å². The van der Waals surface area contributed by atoms with Gasteiger partial charge in [0.1, 0.15) is 12.4 Å². The molecule has 0 spiro atoms. The molecular weight excluding hydrogens is 234 g/mol. The third kappa shape index (κ3) is 3.21. The second-order valence-electron chi connectivity index (χ2n) is 3.54. The summed E-state index contributed by atoms with van der Waals surface area (Å²) in [7, 11) is 0. The average Bonchev–Trinajstić information content (AvgIpc) is 2.38. The van der Waals surface area contributed by atoms with Gasteiger partial charge in [-0.05, 0) is 17.7 Å². The Bertz CT molecular complexity index is 528. The highest BCUT2D eigenvalue weighted by Crippen LogP contribution is 2.27. The summed E-state index contributed by atoms with van der Waals surface area (Å²) in [6, 6.07) is 16.0. The average molecular weight is 245 g/mol.